The topological polar surface area (TPSA) is 15.3 Å². The Hall–Kier alpha value is -0.0800. The minimum atomic E-state index is 0.747. The van der Waals surface area contributed by atoms with Crippen molar-refractivity contribution in [2.75, 3.05) is 26.2 Å². The Labute approximate surface area is 87.0 Å². The van der Waals surface area contributed by atoms with Gasteiger partial charge in [0.15, 0.2) is 0 Å². The van der Waals surface area contributed by atoms with Crippen LogP contribution in [-0.2, 0) is 0 Å². The van der Waals surface area contributed by atoms with Gasteiger partial charge in [-0.15, -0.1) is 0 Å². The first kappa shape index (κ1) is 9.17. The van der Waals surface area contributed by atoms with E-state index in [9.17, 15) is 0 Å². The van der Waals surface area contributed by atoms with Crippen LogP contribution in [0.5, 0.6) is 0 Å². The standard InChI is InChI=1S/C12H22N2/c1-2-11(1)14-9-5-12(6-10-14)3-7-13-8-4-12/h11,13H,1-10H2. The fraction of sp³-hybridized carbons (Fsp3) is 1.00. The van der Waals surface area contributed by atoms with E-state index in [4.69, 9.17) is 0 Å². The van der Waals surface area contributed by atoms with E-state index >= 15 is 0 Å². The highest BCUT2D eigenvalue weighted by Gasteiger charge is 2.39. The monoisotopic (exact) mass is 194 g/mol. The molecule has 3 fully saturated rings. The van der Waals surface area contributed by atoms with E-state index in [1.54, 1.807) is 0 Å². The first-order valence-corrected chi connectivity index (χ1v) is 6.33. The lowest BCUT2D eigenvalue weighted by Gasteiger charge is -2.44. The van der Waals surface area contributed by atoms with Gasteiger partial charge in [-0.2, -0.15) is 0 Å². The lowest BCUT2D eigenvalue weighted by Crippen LogP contribution is -2.46. The second kappa shape index (κ2) is 3.49. The maximum Gasteiger partial charge on any atom is 0.00964 e. The molecular weight excluding hydrogens is 172 g/mol. The molecule has 1 saturated carbocycles. The average Bonchev–Trinajstić information content (AvgIpc) is 3.04. The van der Waals surface area contributed by atoms with Crippen LogP contribution in [0, 0.1) is 5.41 Å². The van der Waals surface area contributed by atoms with E-state index in [1.807, 2.05) is 0 Å². The van der Waals surface area contributed by atoms with Gasteiger partial charge in [0.05, 0.1) is 0 Å². The van der Waals surface area contributed by atoms with Gasteiger partial charge >= 0.3 is 0 Å². The fourth-order valence-corrected chi connectivity index (χ4v) is 3.26. The zero-order valence-electron chi connectivity index (χ0n) is 9.10. The summed E-state index contributed by atoms with van der Waals surface area (Å²) in [6, 6.07) is 0.995. The maximum atomic E-state index is 3.49. The lowest BCUT2D eigenvalue weighted by atomic mass is 9.71. The summed E-state index contributed by atoms with van der Waals surface area (Å²) in [6.07, 6.45) is 8.79. The molecule has 0 aromatic heterocycles. The van der Waals surface area contributed by atoms with Gasteiger partial charge < -0.3 is 10.2 Å². The van der Waals surface area contributed by atoms with Crippen LogP contribution in [0.15, 0.2) is 0 Å². The van der Waals surface area contributed by atoms with Crippen LogP contribution in [0.4, 0.5) is 0 Å². The van der Waals surface area contributed by atoms with Crippen molar-refractivity contribution in [1.82, 2.24) is 10.2 Å². The molecule has 0 aromatic carbocycles. The van der Waals surface area contributed by atoms with Gasteiger partial charge in [-0.05, 0) is 70.1 Å². The Morgan fingerprint density at radius 2 is 1.57 bits per heavy atom. The van der Waals surface area contributed by atoms with Gasteiger partial charge in [-0.3, -0.25) is 0 Å². The molecule has 1 spiro atoms. The molecule has 2 heteroatoms. The first-order valence-electron chi connectivity index (χ1n) is 6.33. The van der Waals surface area contributed by atoms with Crippen molar-refractivity contribution in [2.24, 2.45) is 5.41 Å². The molecule has 0 amide bonds. The van der Waals surface area contributed by atoms with Crippen LogP contribution in [0.1, 0.15) is 38.5 Å². The summed E-state index contributed by atoms with van der Waals surface area (Å²) in [4.78, 5) is 2.74. The lowest BCUT2D eigenvalue weighted by molar-refractivity contribution is 0.0699. The summed E-state index contributed by atoms with van der Waals surface area (Å²) in [6.45, 7) is 5.32. The van der Waals surface area contributed by atoms with Crippen molar-refractivity contribution >= 4 is 0 Å². The molecule has 3 rings (SSSR count). The normalized spacial score (nSPS) is 33.4. The van der Waals surface area contributed by atoms with Crippen LogP contribution in [0.2, 0.25) is 0 Å². The molecule has 2 nitrogen and oxygen atoms in total. The minimum absolute atomic E-state index is 0.747. The molecule has 0 aromatic rings. The van der Waals surface area contributed by atoms with Gasteiger partial charge in [0.2, 0.25) is 0 Å². The van der Waals surface area contributed by atoms with Gasteiger partial charge in [0.25, 0.3) is 0 Å². The van der Waals surface area contributed by atoms with Crippen LogP contribution in [0.3, 0.4) is 0 Å². The smallest absolute Gasteiger partial charge is 0.00964 e. The van der Waals surface area contributed by atoms with Gasteiger partial charge in [0, 0.05) is 6.04 Å². The summed E-state index contributed by atoms with van der Waals surface area (Å²) in [5.74, 6) is 0. The summed E-state index contributed by atoms with van der Waals surface area (Å²) >= 11 is 0. The van der Waals surface area contributed by atoms with E-state index in [0.717, 1.165) is 11.5 Å². The van der Waals surface area contributed by atoms with E-state index in [0.29, 0.717) is 0 Å². The molecule has 0 bridgehead atoms. The number of hydrogen-bond acceptors (Lipinski definition) is 2. The number of nitrogens with zero attached hydrogens (tertiary/aromatic N) is 1. The molecule has 1 N–H and O–H groups in total. The highest BCUT2D eigenvalue weighted by Crippen LogP contribution is 2.41. The van der Waals surface area contributed by atoms with Crippen molar-refractivity contribution in [3.63, 3.8) is 0 Å². The summed E-state index contributed by atoms with van der Waals surface area (Å²) < 4.78 is 0. The van der Waals surface area contributed by atoms with Crippen LogP contribution < -0.4 is 5.32 Å². The van der Waals surface area contributed by atoms with Gasteiger partial charge in [0.1, 0.15) is 0 Å². The summed E-state index contributed by atoms with van der Waals surface area (Å²) in [7, 11) is 0. The number of nitrogens with one attached hydrogen (secondary N) is 1. The zero-order chi connectivity index (χ0) is 9.43. The molecule has 2 saturated heterocycles. The van der Waals surface area contributed by atoms with Gasteiger partial charge in [-0.25, -0.2) is 0 Å². The quantitative estimate of drug-likeness (QED) is 0.682. The SMILES string of the molecule is C1CC2(CCN1)CCN(C1CC1)CC2. The maximum absolute atomic E-state index is 3.49. The Morgan fingerprint density at radius 1 is 0.929 bits per heavy atom. The Kier molecular flexibility index (Phi) is 2.29. The first-order chi connectivity index (χ1) is 6.88. The van der Waals surface area contributed by atoms with Crippen molar-refractivity contribution in [3.05, 3.63) is 0 Å². The third-order valence-corrected chi connectivity index (χ3v) is 4.59. The highest BCUT2D eigenvalue weighted by atomic mass is 15.2. The van der Waals surface area contributed by atoms with Crippen LogP contribution >= 0.6 is 0 Å². The molecule has 2 heterocycles. The Bertz CT molecular complexity index is 194. The fourth-order valence-electron chi connectivity index (χ4n) is 3.26. The number of rotatable bonds is 1. The number of hydrogen-bond donors (Lipinski definition) is 1. The molecule has 0 atom stereocenters. The average molecular weight is 194 g/mol. The molecule has 14 heavy (non-hydrogen) atoms. The second-order valence-electron chi connectivity index (χ2n) is 5.52. The molecule has 80 valence electrons. The van der Waals surface area contributed by atoms with Crippen molar-refractivity contribution in [1.29, 1.82) is 0 Å². The predicted octanol–water partition coefficient (Wildman–Crippen LogP) is 1.61. The van der Waals surface area contributed by atoms with Crippen LogP contribution in [-0.4, -0.2) is 37.1 Å². The van der Waals surface area contributed by atoms with Crippen molar-refractivity contribution in [3.8, 4) is 0 Å². The molecule has 1 aliphatic carbocycles. The molecule has 0 radical (unpaired) electrons. The number of piperidine rings is 2. The molecule has 0 unspecified atom stereocenters. The van der Waals surface area contributed by atoms with Crippen molar-refractivity contribution in [2.45, 2.75) is 44.6 Å². The molecule has 2 aliphatic heterocycles. The van der Waals surface area contributed by atoms with Crippen molar-refractivity contribution < 1.29 is 0 Å². The third kappa shape index (κ3) is 1.70. The Balaban J connectivity index is 1.57. The third-order valence-electron chi connectivity index (χ3n) is 4.59. The molecular formula is C12H22N2. The summed E-state index contributed by atoms with van der Waals surface area (Å²) in [5, 5.41) is 3.49. The van der Waals surface area contributed by atoms with Gasteiger partial charge in [-0.1, -0.05) is 0 Å². The zero-order valence-corrected chi connectivity index (χ0v) is 9.10. The summed E-state index contributed by atoms with van der Waals surface area (Å²) in [5.41, 5.74) is 0.747. The van der Waals surface area contributed by atoms with E-state index in [-0.39, 0.29) is 0 Å². The van der Waals surface area contributed by atoms with E-state index in [2.05, 4.69) is 10.2 Å². The van der Waals surface area contributed by atoms with Crippen LogP contribution in [0.25, 0.3) is 0 Å². The Morgan fingerprint density at radius 3 is 2.14 bits per heavy atom. The highest BCUT2D eigenvalue weighted by molar-refractivity contribution is 4.94. The molecule has 3 aliphatic rings. The minimum Gasteiger partial charge on any atom is -0.317 e. The number of likely N-dealkylation sites (tertiary alicyclic amines) is 1. The second-order valence-corrected chi connectivity index (χ2v) is 5.52. The van der Waals surface area contributed by atoms with E-state index < -0.39 is 0 Å². The van der Waals surface area contributed by atoms with E-state index in [1.165, 1.54) is 64.7 Å². The predicted molar refractivity (Wildman–Crippen MR) is 58.4 cm³/mol. The largest absolute Gasteiger partial charge is 0.317 e.